The van der Waals surface area contributed by atoms with Crippen molar-refractivity contribution < 1.29 is 0 Å². The van der Waals surface area contributed by atoms with Gasteiger partial charge in [0.05, 0.1) is 11.7 Å². The fourth-order valence-corrected chi connectivity index (χ4v) is 2.70. The van der Waals surface area contributed by atoms with E-state index in [0.29, 0.717) is 0 Å². The highest BCUT2D eigenvalue weighted by atomic mass is 15.6. The van der Waals surface area contributed by atoms with Gasteiger partial charge in [0.1, 0.15) is 12.0 Å². The quantitative estimate of drug-likeness (QED) is 0.818. The molecule has 0 saturated carbocycles. The summed E-state index contributed by atoms with van der Waals surface area (Å²) in [6.45, 7) is 4.14. The number of rotatable bonds is 2. The molecule has 0 aromatic carbocycles. The van der Waals surface area contributed by atoms with Crippen LogP contribution in [0.25, 0.3) is 0 Å². The summed E-state index contributed by atoms with van der Waals surface area (Å²) in [7, 11) is 2.04. The molecule has 116 valence electrons. The number of hydrogen-bond donors (Lipinski definition) is 2. The molecule has 0 fully saturated rings. The largest absolute Gasteiger partial charge is 0.384 e. The second-order valence-corrected chi connectivity index (χ2v) is 5.83. The summed E-state index contributed by atoms with van der Waals surface area (Å²) in [6, 6.07) is 0.0558. The topological polar surface area (TPSA) is 56.9 Å². The highest BCUT2D eigenvalue weighted by Gasteiger charge is 2.31. The lowest BCUT2D eigenvalue weighted by Crippen LogP contribution is -2.40. The van der Waals surface area contributed by atoms with Crippen molar-refractivity contribution >= 4 is 6.21 Å². The van der Waals surface area contributed by atoms with E-state index in [9.17, 15) is 0 Å². The van der Waals surface area contributed by atoms with Gasteiger partial charge in [-0.1, -0.05) is 18.2 Å². The molecular formula is C17H23N5. The summed E-state index contributed by atoms with van der Waals surface area (Å²) in [5, 5.41) is 1.96. The number of allylic oxidation sites excluding steroid dienone is 5. The van der Waals surface area contributed by atoms with Crippen molar-refractivity contribution in [3.63, 3.8) is 0 Å². The number of aliphatic imine (C=N–C) groups is 1. The van der Waals surface area contributed by atoms with Crippen LogP contribution in [0, 0.1) is 0 Å². The molecule has 0 amide bonds. The van der Waals surface area contributed by atoms with Crippen LogP contribution in [-0.4, -0.2) is 35.4 Å². The minimum Gasteiger partial charge on any atom is -0.384 e. The van der Waals surface area contributed by atoms with Gasteiger partial charge < -0.3 is 10.6 Å². The first-order chi connectivity index (χ1) is 10.6. The summed E-state index contributed by atoms with van der Waals surface area (Å²) in [4.78, 5) is 6.63. The zero-order valence-corrected chi connectivity index (χ0v) is 13.3. The monoisotopic (exact) mass is 297 g/mol. The molecule has 2 atom stereocenters. The van der Waals surface area contributed by atoms with Gasteiger partial charge in [0, 0.05) is 25.0 Å². The van der Waals surface area contributed by atoms with Crippen molar-refractivity contribution in [3.8, 4) is 0 Å². The molecule has 0 aromatic heterocycles. The van der Waals surface area contributed by atoms with Crippen molar-refractivity contribution in [1.82, 2.24) is 15.3 Å². The molecule has 2 unspecified atom stereocenters. The Balaban J connectivity index is 1.86. The average molecular weight is 297 g/mol. The third-order valence-corrected chi connectivity index (χ3v) is 4.27. The molecule has 1 aliphatic carbocycles. The molecule has 22 heavy (non-hydrogen) atoms. The number of nitrogens with one attached hydrogen (secondary N) is 1. The molecule has 2 heterocycles. The van der Waals surface area contributed by atoms with Crippen molar-refractivity contribution in [3.05, 3.63) is 59.2 Å². The van der Waals surface area contributed by atoms with Crippen LogP contribution < -0.4 is 11.2 Å². The molecule has 0 aromatic rings. The predicted octanol–water partition coefficient (Wildman–Crippen LogP) is 2.01. The van der Waals surface area contributed by atoms with E-state index >= 15 is 0 Å². The molecule has 3 rings (SSSR count). The van der Waals surface area contributed by atoms with Gasteiger partial charge in [-0.25, -0.2) is 5.43 Å². The Bertz CT molecular complexity index is 635. The Kier molecular flexibility index (Phi) is 3.90. The van der Waals surface area contributed by atoms with Crippen LogP contribution in [0.2, 0.25) is 0 Å². The van der Waals surface area contributed by atoms with Crippen LogP contribution >= 0.6 is 0 Å². The van der Waals surface area contributed by atoms with E-state index in [1.54, 1.807) is 0 Å². The molecule has 3 N–H and O–H groups in total. The van der Waals surface area contributed by atoms with Gasteiger partial charge in [-0.3, -0.25) is 10.0 Å². The van der Waals surface area contributed by atoms with E-state index in [0.717, 1.165) is 29.1 Å². The van der Waals surface area contributed by atoms with Gasteiger partial charge in [0.2, 0.25) is 0 Å². The van der Waals surface area contributed by atoms with Gasteiger partial charge in [0.15, 0.2) is 0 Å². The Hall–Kier alpha value is -2.27. The molecule has 0 bridgehead atoms. The van der Waals surface area contributed by atoms with E-state index in [-0.39, 0.29) is 12.2 Å². The zero-order valence-electron chi connectivity index (χ0n) is 13.3. The van der Waals surface area contributed by atoms with Crippen molar-refractivity contribution in [1.29, 1.82) is 0 Å². The number of nitrogens with two attached hydrogens (primary N) is 1. The lowest BCUT2D eigenvalue weighted by Gasteiger charge is -2.28. The van der Waals surface area contributed by atoms with Gasteiger partial charge >= 0.3 is 0 Å². The number of hydrazine groups is 1. The van der Waals surface area contributed by atoms with Gasteiger partial charge in [-0.15, -0.1) is 0 Å². The molecular weight excluding hydrogens is 274 g/mol. The molecule has 0 spiro atoms. The van der Waals surface area contributed by atoms with Crippen molar-refractivity contribution in [2.24, 2.45) is 10.7 Å². The summed E-state index contributed by atoms with van der Waals surface area (Å²) in [6.07, 6.45) is 15.7. The Labute approximate surface area is 131 Å². The smallest absolute Gasteiger partial charge is 0.119 e. The average Bonchev–Trinajstić information content (AvgIpc) is 2.72. The lowest BCUT2D eigenvalue weighted by molar-refractivity contribution is 0.327. The van der Waals surface area contributed by atoms with Crippen molar-refractivity contribution in [2.75, 3.05) is 7.05 Å². The van der Waals surface area contributed by atoms with Crippen LogP contribution in [0.15, 0.2) is 64.2 Å². The third-order valence-electron chi connectivity index (χ3n) is 4.27. The zero-order chi connectivity index (χ0) is 15.7. The normalized spacial score (nSPS) is 28.1. The van der Waals surface area contributed by atoms with Gasteiger partial charge in [-0.05, 0) is 38.0 Å². The SMILES string of the molecule is CC1=C(N)N(C2=CC=CCC=C2)NC1C1=CN(C)C(C)N=C1. The second kappa shape index (κ2) is 5.85. The molecule has 5 heteroatoms. The highest BCUT2D eigenvalue weighted by molar-refractivity contribution is 5.82. The summed E-state index contributed by atoms with van der Waals surface area (Å²) < 4.78 is 0. The number of nitrogens with zero attached hydrogens (tertiary/aromatic N) is 3. The fraction of sp³-hybridized carbons (Fsp3) is 0.353. The lowest BCUT2D eigenvalue weighted by atomic mass is 10.0. The first kappa shape index (κ1) is 14.7. The minimum absolute atomic E-state index is 0.0558. The Morgan fingerprint density at radius 1 is 1.36 bits per heavy atom. The van der Waals surface area contributed by atoms with Crippen LogP contribution in [-0.2, 0) is 0 Å². The molecule has 0 radical (unpaired) electrons. The van der Waals surface area contributed by atoms with Crippen LogP contribution in [0.5, 0.6) is 0 Å². The third kappa shape index (κ3) is 2.60. The molecule has 0 saturated heterocycles. The predicted molar refractivity (Wildman–Crippen MR) is 90.4 cm³/mol. The maximum Gasteiger partial charge on any atom is 0.119 e. The van der Waals surface area contributed by atoms with E-state index in [1.807, 2.05) is 18.3 Å². The summed E-state index contributed by atoms with van der Waals surface area (Å²) in [5.74, 6) is 0.756. The van der Waals surface area contributed by atoms with E-state index in [1.165, 1.54) is 0 Å². The van der Waals surface area contributed by atoms with E-state index < -0.39 is 0 Å². The minimum atomic E-state index is 0.0558. The van der Waals surface area contributed by atoms with Gasteiger partial charge in [0.25, 0.3) is 0 Å². The maximum absolute atomic E-state index is 6.32. The second-order valence-electron chi connectivity index (χ2n) is 5.83. The standard InChI is InChI=1S/C17H23N5/c1-12-16(14-10-19-13(2)21(3)11-14)20-22(17(12)18)15-8-6-4-5-7-9-15/h4,6-11,13,16,20H,5,18H2,1-3H3. The molecule has 2 aliphatic heterocycles. The van der Waals surface area contributed by atoms with Crippen molar-refractivity contribution in [2.45, 2.75) is 32.5 Å². The first-order valence-corrected chi connectivity index (χ1v) is 7.60. The first-order valence-electron chi connectivity index (χ1n) is 7.60. The summed E-state index contributed by atoms with van der Waals surface area (Å²) in [5.41, 5.74) is 13.1. The van der Waals surface area contributed by atoms with Gasteiger partial charge in [-0.2, -0.15) is 0 Å². The molecule has 5 nitrogen and oxygen atoms in total. The summed E-state index contributed by atoms with van der Waals surface area (Å²) >= 11 is 0. The van der Waals surface area contributed by atoms with Crippen LogP contribution in [0.4, 0.5) is 0 Å². The fourth-order valence-electron chi connectivity index (χ4n) is 2.70. The Morgan fingerprint density at radius 3 is 2.95 bits per heavy atom. The van der Waals surface area contributed by atoms with Crippen LogP contribution in [0.1, 0.15) is 20.3 Å². The maximum atomic E-state index is 6.32. The van der Waals surface area contributed by atoms with E-state index in [2.05, 4.69) is 65.7 Å². The Morgan fingerprint density at radius 2 is 2.18 bits per heavy atom. The molecule has 3 aliphatic rings. The van der Waals surface area contributed by atoms with Crippen LogP contribution in [0.3, 0.4) is 0 Å². The van der Waals surface area contributed by atoms with E-state index in [4.69, 9.17) is 5.73 Å². The highest BCUT2D eigenvalue weighted by Crippen LogP contribution is 2.27. The number of hydrogen-bond acceptors (Lipinski definition) is 5.